The fourth-order valence-corrected chi connectivity index (χ4v) is 4.53. The van der Waals surface area contributed by atoms with Crippen molar-refractivity contribution in [1.29, 1.82) is 0 Å². The largest absolute Gasteiger partial charge is 0.478 e. The van der Waals surface area contributed by atoms with Gasteiger partial charge >= 0.3 is 5.97 Å². The average Bonchev–Trinajstić information content (AvgIpc) is 2.67. The van der Waals surface area contributed by atoms with Crippen molar-refractivity contribution in [3.63, 3.8) is 0 Å². The molecular weight excluding hydrogens is 368 g/mol. The van der Waals surface area contributed by atoms with Crippen molar-refractivity contribution < 1.29 is 23.4 Å². The third-order valence-corrected chi connectivity index (χ3v) is 6.46. The second-order valence-corrected chi connectivity index (χ2v) is 8.46. The standard InChI is InChI=1S/C19H22N2O5S/c22-17-7-9-21(10-8-17)27(25,26)18-6-2-5-16(12-18)20-13-14-3-1-4-15(11-14)19(23)24/h1-6,11-12,17,20,22H,7-10,13H2,(H,23,24). The summed E-state index contributed by atoms with van der Waals surface area (Å²) in [4.78, 5) is 11.2. The lowest BCUT2D eigenvalue weighted by atomic mass is 10.1. The van der Waals surface area contributed by atoms with Gasteiger partial charge in [0.2, 0.25) is 10.0 Å². The number of anilines is 1. The Kier molecular flexibility index (Phi) is 5.79. The van der Waals surface area contributed by atoms with Crippen LogP contribution in [0.15, 0.2) is 53.4 Å². The summed E-state index contributed by atoms with van der Waals surface area (Å²) in [5, 5.41) is 21.8. The summed E-state index contributed by atoms with van der Waals surface area (Å²) in [6, 6.07) is 13.1. The summed E-state index contributed by atoms with van der Waals surface area (Å²) >= 11 is 0. The molecule has 144 valence electrons. The Labute approximate surface area is 158 Å². The molecule has 0 amide bonds. The van der Waals surface area contributed by atoms with Gasteiger partial charge in [0, 0.05) is 25.3 Å². The lowest BCUT2D eigenvalue weighted by Gasteiger charge is -2.28. The Morgan fingerprint density at radius 1 is 1.11 bits per heavy atom. The van der Waals surface area contributed by atoms with E-state index in [-0.39, 0.29) is 10.5 Å². The van der Waals surface area contributed by atoms with E-state index in [2.05, 4.69) is 5.32 Å². The number of hydrogen-bond donors (Lipinski definition) is 3. The second kappa shape index (κ2) is 8.08. The zero-order valence-corrected chi connectivity index (χ0v) is 15.5. The Morgan fingerprint density at radius 2 is 1.81 bits per heavy atom. The number of carbonyl (C=O) groups is 1. The number of benzene rings is 2. The van der Waals surface area contributed by atoms with Crippen LogP contribution in [0.2, 0.25) is 0 Å². The molecule has 0 bridgehead atoms. The Balaban J connectivity index is 1.72. The molecule has 0 saturated carbocycles. The van der Waals surface area contributed by atoms with Crippen LogP contribution in [-0.2, 0) is 16.6 Å². The van der Waals surface area contributed by atoms with Gasteiger partial charge in [-0.05, 0) is 48.7 Å². The lowest BCUT2D eigenvalue weighted by molar-refractivity contribution is 0.0696. The molecule has 3 rings (SSSR count). The van der Waals surface area contributed by atoms with Crippen LogP contribution in [0.5, 0.6) is 0 Å². The monoisotopic (exact) mass is 390 g/mol. The van der Waals surface area contributed by atoms with Crippen LogP contribution in [0.4, 0.5) is 5.69 Å². The van der Waals surface area contributed by atoms with Crippen LogP contribution < -0.4 is 5.32 Å². The number of aliphatic hydroxyl groups excluding tert-OH is 1. The highest BCUT2D eigenvalue weighted by Crippen LogP contribution is 2.23. The summed E-state index contributed by atoms with van der Waals surface area (Å²) in [5.41, 5.74) is 1.62. The molecule has 2 aromatic rings. The second-order valence-electron chi connectivity index (χ2n) is 6.52. The highest BCUT2D eigenvalue weighted by Gasteiger charge is 2.28. The van der Waals surface area contributed by atoms with Gasteiger partial charge in [-0.3, -0.25) is 0 Å². The van der Waals surface area contributed by atoms with E-state index in [0.29, 0.717) is 38.2 Å². The summed E-state index contributed by atoms with van der Waals surface area (Å²) in [6.45, 7) is 0.993. The zero-order chi connectivity index (χ0) is 19.4. The van der Waals surface area contributed by atoms with Crippen molar-refractivity contribution >= 4 is 21.7 Å². The SMILES string of the molecule is O=C(O)c1cccc(CNc2cccc(S(=O)(=O)N3CCC(O)CC3)c2)c1. The van der Waals surface area contributed by atoms with Crippen molar-refractivity contribution in [2.45, 2.75) is 30.4 Å². The fraction of sp³-hybridized carbons (Fsp3) is 0.316. The molecular formula is C19H22N2O5S. The number of rotatable bonds is 6. The molecule has 0 unspecified atom stereocenters. The Morgan fingerprint density at radius 3 is 2.52 bits per heavy atom. The predicted molar refractivity (Wildman–Crippen MR) is 101 cm³/mol. The van der Waals surface area contributed by atoms with E-state index in [1.165, 1.54) is 10.4 Å². The van der Waals surface area contributed by atoms with Crippen LogP contribution in [-0.4, -0.2) is 48.1 Å². The number of nitrogens with one attached hydrogen (secondary N) is 1. The third-order valence-electron chi connectivity index (χ3n) is 4.57. The predicted octanol–water partition coefficient (Wildman–Crippen LogP) is 2.14. The molecule has 0 radical (unpaired) electrons. The summed E-state index contributed by atoms with van der Waals surface area (Å²) in [7, 11) is -3.60. The van der Waals surface area contributed by atoms with E-state index < -0.39 is 22.1 Å². The highest BCUT2D eigenvalue weighted by atomic mass is 32.2. The molecule has 0 atom stereocenters. The highest BCUT2D eigenvalue weighted by molar-refractivity contribution is 7.89. The molecule has 1 aliphatic rings. The first-order chi connectivity index (χ1) is 12.9. The van der Waals surface area contributed by atoms with Gasteiger partial charge in [-0.1, -0.05) is 18.2 Å². The number of piperidine rings is 1. The minimum Gasteiger partial charge on any atom is -0.478 e. The molecule has 1 saturated heterocycles. The molecule has 8 heteroatoms. The van der Waals surface area contributed by atoms with Gasteiger partial charge in [-0.25, -0.2) is 13.2 Å². The van der Waals surface area contributed by atoms with Gasteiger partial charge in [0.15, 0.2) is 0 Å². The average molecular weight is 390 g/mol. The lowest BCUT2D eigenvalue weighted by Crippen LogP contribution is -2.39. The van der Waals surface area contributed by atoms with Crippen molar-refractivity contribution in [3.8, 4) is 0 Å². The normalized spacial score (nSPS) is 16.2. The molecule has 0 spiro atoms. The number of carboxylic acids is 1. The smallest absolute Gasteiger partial charge is 0.335 e. The van der Waals surface area contributed by atoms with Crippen molar-refractivity contribution in [2.75, 3.05) is 18.4 Å². The maximum atomic E-state index is 12.8. The molecule has 1 fully saturated rings. The molecule has 2 aromatic carbocycles. The molecule has 0 aliphatic carbocycles. The fourth-order valence-electron chi connectivity index (χ4n) is 3.02. The molecule has 27 heavy (non-hydrogen) atoms. The minimum atomic E-state index is -3.60. The number of hydrogen-bond acceptors (Lipinski definition) is 5. The molecule has 7 nitrogen and oxygen atoms in total. The van der Waals surface area contributed by atoms with Gasteiger partial charge in [0.05, 0.1) is 16.6 Å². The van der Waals surface area contributed by atoms with E-state index in [1.54, 1.807) is 42.5 Å². The maximum absolute atomic E-state index is 12.8. The number of nitrogens with zero attached hydrogens (tertiary/aromatic N) is 1. The van der Waals surface area contributed by atoms with E-state index in [0.717, 1.165) is 5.56 Å². The third kappa shape index (κ3) is 4.65. The first-order valence-electron chi connectivity index (χ1n) is 8.70. The van der Waals surface area contributed by atoms with E-state index in [9.17, 15) is 18.3 Å². The number of sulfonamides is 1. The zero-order valence-electron chi connectivity index (χ0n) is 14.7. The number of aromatic carboxylic acids is 1. The van der Waals surface area contributed by atoms with E-state index in [1.807, 2.05) is 0 Å². The summed E-state index contributed by atoms with van der Waals surface area (Å²) in [5.74, 6) is -0.989. The molecule has 3 N–H and O–H groups in total. The van der Waals surface area contributed by atoms with Gasteiger partial charge in [0.25, 0.3) is 0 Å². The van der Waals surface area contributed by atoms with Crippen LogP contribution in [0, 0.1) is 0 Å². The first-order valence-corrected chi connectivity index (χ1v) is 10.1. The molecule has 1 aliphatic heterocycles. The minimum absolute atomic E-state index is 0.197. The van der Waals surface area contributed by atoms with Gasteiger partial charge < -0.3 is 15.5 Å². The van der Waals surface area contributed by atoms with Crippen LogP contribution >= 0.6 is 0 Å². The summed E-state index contributed by atoms with van der Waals surface area (Å²) in [6.07, 6.45) is 0.444. The number of aliphatic hydroxyl groups is 1. The van der Waals surface area contributed by atoms with Gasteiger partial charge in [0.1, 0.15) is 0 Å². The van der Waals surface area contributed by atoms with Crippen molar-refractivity contribution in [2.24, 2.45) is 0 Å². The Bertz CT molecular complexity index is 921. The van der Waals surface area contributed by atoms with Crippen LogP contribution in [0.3, 0.4) is 0 Å². The van der Waals surface area contributed by atoms with Crippen molar-refractivity contribution in [3.05, 3.63) is 59.7 Å². The van der Waals surface area contributed by atoms with Gasteiger partial charge in [-0.2, -0.15) is 4.31 Å². The topological polar surface area (TPSA) is 107 Å². The van der Waals surface area contributed by atoms with Crippen LogP contribution in [0.25, 0.3) is 0 Å². The van der Waals surface area contributed by atoms with Gasteiger partial charge in [-0.15, -0.1) is 0 Å². The number of carboxylic acid groups (broad SMARTS) is 1. The maximum Gasteiger partial charge on any atom is 0.335 e. The van der Waals surface area contributed by atoms with Crippen LogP contribution in [0.1, 0.15) is 28.8 Å². The van der Waals surface area contributed by atoms with Crippen molar-refractivity contribution in [1.82, 2.24) is 4.31 Å². The summed E-state index contributed by atoms with van der Waals surface area (Å²) < 4.78 is 27.0. The molecule has 0 aromatic heterocycles. The van der Waals surface area contributed by atoms with E-state index in [4.69, 9.17) is 5.11 Å². The Hall–Kier alpha value is -2.42. The first kappa shape index (κ1) is 19.3. The quantitative estimate of drug-likeness (QED) is 0.698. The molecule has 1 heterocycles. The van der Waals surface area contributed by atoms with E-state index >= 15 is 0 Å².